The van der Waals surface area contributed by atoms with Gasteiger partial charge in [-0.3, -0.25) is 9.52 Å². The summed E-state index contributed by atoms with van der Waals surface area (Å²) in [5.41, 5.74) is 1.89. The number of carbonyl (C=O) groups is 2. The van der Waals surface area contributed by atoms with Gasteiger partial charge in [-0.25, -0.2) is 18.2 Å². The van der Waals surface area contributed by atoms with Crippen LogP contribution in [0.1, 0.15) is 11.3 Å². The standard InChI is InChI=1S/C19H16N2O5S2/c22-17(18(23)24)11-8-15-12-20-19(27-15)21-28(25,26)16-9-6-14(7-10-16)13-4-2-1-3-5-13/h1-7,9-10,12H,8,11H2,(H,20,21)(H,23,24). The van der Waals surface area contributed by atoms with E-state index in [2.05, 4.69) is 9.71 Å². The Morgan fingerprint density at radius 2 is 1.64 bits per heavy atom. The number of Topliss-reactive ketones (excluding diaryl/α,β-unsaturated/α-hetero) is 1. The lowest BCUT2D eigenvalue weighted by Crippen LogP contribution is -2.12. The molecule has 0 fully saturated rings. The van der Waals surface area contributed by atoms with E-state index in [-0.39, 0.29) is 22.9 Å². The van der Waals surface area contributed by atoms with Crippen LogP contribution in [-0.4, -0.2) is 30.3 Å². The Balaban J connectivity index is 1.68. The van der Waals surface area contributed by atoms with Crippen molar-refractivity contribution in [2.75, 3.05) is 4.72 Å². The van der Waals surface area contributed by atoms with Gasteiger partial charge in [-0.15, -0.1) is 11.3 Å². The summed E-state index contributed by atoms with van der Waals surface area (Å²) in [6.45, 7) is 0. The first-order chi connectivity index (χ1) is 13.3. The third-order valence-corrected chi connectivity index (χ3v) is 6.34. The third-order valence-electron chi connectivity index (χ3n) is 3.88. The molecule has 3 rings (SSSR count). The highest BCUT2D eigenvalue weighted by atomic mass is 32.2. The minimum atomic E-state index is -3.81. The molecule has 144 valence electrons. The van der Waals surface area contributed by atoms with Crippen LogP contribution in [0.25, 0.3) is 11.1 Å². The van der Waals surface area contributed by atoms with Gasteiger partial charge >= 0.3 is 5.97 Å². The van der Waals surface area contributed by atoms with Crippen LogP contribution in [0, 0.1) is 0 Å². The molecule has 0 saturated carbocycles. The molecule has 0 amide bonds. The zero-order valence-electron chi connectivity index (χ0n) is 14.5. The largest absolute Gasteiger partial charge is 0.476 e. The molecule has 0 unspecified atom stereocenters. The molecule has 1 heterocycles. The predicted molar refractivity (Wildman–Crippen MR) is 106 cm³/mol. The van der Waals surface area contributed by atoms with E-state index in [1.807, 2.05) is 30.3 Å². The number of aryl methyl sites for hydroxylation is 1. The number of hydrogen-bond donors (Lipinski definition) is 2. The van der Waals surface area contributed by atoms with Crippen LogP contribution in [-0.2, 0) is 26.0 Å². The van der Waals surface area contributed by atoms with Gasteiger partial charge in [0.15, 0.2) is 5.13 Å². The maximum Gasteiger partial charge on any atom is 0.372 e. The molecule has 0 spiro atoms. The summed E-state index contributed by atoms with van der Waals surface area (Å²) in [5.74, 6) is -2.38. The molecule has 0 aliphatic heterocycles. The summed E-state index contributed by atoms with van der Waals surface area (Å²) < 4.78 is 27.5. The average Bonchev–Trinajstić information content (AvgIpc) is 3.13. The van der Waals surface area contributed by atoms with Crippen LogP contribution < -0.4 is 4.72 Å². The van der Waals surface area contributed by atoms with Crippen LogP contribution in [0.4, 0.5) is 5.13 Å². The Hall–Kier alpha value is -3.04. The highest BCUT2D eigenvalue weighted by Gasteiger charge is 2.17. The van der Waals surface area contributed by atoms with Crippen molar-refractivity contribution in [1.82, 2.24) is 4.98 Å². The predicted octanol–water partition coefficient (Wildman–Crippen LogP) is 3.20. The highest BCUT2D eigenvalue weighted by molar-refractivity contribution is 7.93. The Kier molecular flexibility index (Phi) is 5.86. The number of hydrogen-bond acceptors (Lipinski definition) is 6. The summed E-state index contributed by atoms with van der Waals surface area (Å²) >= 11 is 1.06. The molecule has 2 N–H and O–H groups in total. The summed E-state index contributed by atoms with van der Waals surface area (Å²) in [4.78, 5) is 26.4. The number of rotatable bonds is 8. The fourth-order valence-electron chi connectivity index (χ4n) is 2.44. The van der Waals surface area contributed by atoms with Crippen molar-refractivity contribution in [3.63, 3.8) is 0 Å². The molecular weight excluding hydrogens is 400 g/mol. The van der Waals surface area contributed by atoms with Gasteiger partial charge in [-0.2, -0.15) is 0 Å². The minimum absolute atomic E-state index is 0.102. The lowest BCUT2D eigenvalue weighted by molar-refractivity contribution is -0.149. The van der Waals surface area contributed by atoms with Crippen LogP contribution in [0.15, 0.2) is 65.7 Å². The maximum absolute atomic E-state index is 12.5. The van der Waals surface area contributed by atoms with Crippen LogP contribution in [0.5, 0.6) is 0 Å². The molecular formula is C19H16N2O5S2. The van der Waals surface area contributed by atoms with Crippen molar-refractivity contribution in [3.8, 4) is 11.1 Å². The summed E-state index contributed by atoms with van der Waals surface area (Å²) in [7, 11) is -3.81. The number of sulfonamides is 1. The molecule has 0 radical (unpaired) electrons. The summed E-state index contributed by atoms with van der Waals surface area (Å²) in [6, 6.07) is 16.1. The van der Waals surface area contributed by atoms with E-state index in [1.54, 1.807) is 12.1 Å². The third kappa shape index (κ3) is 4.81. The SMILES string of the molecule is O=C(O)C(=O)CCc1cnc(NS(=O)(=O)c2ccc(-c3ccccc3)cc2)s1. The smallest absolute Gasteiger partial charge is 0.372 e. The maximum atomic E-state index is 12.5. The van der Waals surface area contributed by atoms with E-state index in [0.29, 0.717) is 4.88 Å². The topological polar surface area (TPSA) is 113 Å². The van der Waals surface area contributed by atoms with Crippen molar-refractivity contribution in [2.45, 2.75) is 17.7 Å². The second kappa shape index (κ2) is 8.32. The van der Waals surface area contributed by atoms with Crippen LogP contribution >= 0.6 is 11.3 Å². The van der Waals surface area contributed by atoms with E-state index >= 15 is 0 Å². The molecule has 2 aromatic carbocycles. The van der Waals surface area contributed by atoms with Crippen molar-refractivity contribution in [1.29, 1.82) is 0 Å². The number of aromatic nitrogens is 1. The van der Waals surface area contributed by atoms with Gasteiger partial charge < -0.3 is 5.11 Å². The first kappa shape index (κ1) is 19.7. The molecule has 0 aliphatic rings. The van der Waals surface area contributed by atoms with Gasteiger partial charge in [-0.1, -0.05) is 42.5 Å². The number of ketones is 1. The van der Waals surface area contributed by atoms with E-state index in [0.717, 1.165) is 22.5 Å². The molecule has 0 aliphatic carbocycles. The Morgan fingerprint density at radius 3 is 2.29 bits per heavy atom. The van der Waals surface area contributed by atoms with Gasteiger partial charge in [0.05, 0.1) is 4.90 Å². The number of carboxylic acids is 1. The van der Waals surface area contributed by atoms with E-state index in [9.17, 15) is 18.0 Å². The Labute approximate surface area is 165 Å². The second-order valence-corrected chi connectivity index (χ2v) is 8.65. The van der Waals surface area contributed by atoms with Crippen LogP contribution in [0.3, 0.4) is 0 Å². The number of benzene rings is 2. The molecule has 0 atom stereocenters. The number of aliphatic carboxylic acids is 1. The zero-order valence-corrected chi connectivity index (χ0v) is 16.2. The Morgan fingerprint density at radius 1 is 1.00 bits per heavy atom. The monoisotopic (exact) mass is 416 g/mol. The minimum Gasteiger partial charge on any atom is -0.476 e. The Bertz CT molecular complexity index is 1090. The van der Waals surface area contributed by atoms with E-state index in [1.165, 1.54) is 18.3 Å². The lowest BCUT2D eigenvalue weighted by Gasteiger charge is -2.07. The van der Waals surface area contributed by atoms with Crippen molar-refractivity contribution >= 4 is 38.2 Å². The number of carbonyl (C=O) groups excluding carboxylic acids is 1. The van der Waals surface area contributed by atoms with Crippen LogP contribution in [0.2, 0.25) is 0 Å². The quantitative estimate of drug-likeness (QED) is 0.545. The fourth-order valence-corrected chi connectivity index (χ4v) is 4.50. The number of nitrogens with one attached hydrogen (secondary N) is 1. The molecule has 28 heavy (non-hydrogen) atoms. The molecule has 0 saturated heterocycles. The van der Waals surface area contributed by atoms with Gasteiger partial charge in [-0.05, 0) is 29.7 Å². The fraction of sp³-hybridized carbons (Fsp3) is 0.105. The highest BCUT2D eigenvalue weighted by Crippen LogP contribution is 2.25. The average molecular weight is 416 g/mol. The first-order valence-corrected chi connectivity index (χ1v) is 10.5. The van der Waals surface area contributed by atoms with E-state index in [4.69, 9.17) is 5.11 Å². The van der Waals surface area contributed by atoms with Gasteiger partial charge in [0, 0.05) is 17.5 Å². The van der Waals surface area contributed by atoms with Gasteiger partial charge in [0.1, 0.15) is 0 Å². The molecule has 9 heteroatoms. The molecule has 0 bridgehead atoms. The summed E-state index contributed by atoms with van der Waals surface area (Å²) in [6.07, 6.45) is 1.46. The molecule has 1 aromatic heterocycles. The zero-order chi connectivity index (χ0) is 20.1. The van der Waals surface area contributed by atoms with Gasteiger partial charge in [0.25, 0.3) is 10.0 Å². The number of thiazole rings is 1. The van der Waals surface area contributed by atoms with Crippen molar-refractivity contribution in [2.24, 2.45) is 0 Å². The number of nitrogens with zero attached hydrogens (tertiary/aromatic N) is 1. The van der Waals surface area contributed by atoms with Crippen molar-refractivity contribution < 1.29 is 23.1 Å². The summed E-state index contributed by atoms with van der Waals surface area (Å²) in [5, 5.41) is 8.74. The van der Waals surface area contributed by atoms with Gasteiger partial charge in [0.2, 0.25) is 5.78 Å². The lowest BCUT2D eigenvalue weighted by atomic mass is 10.1. The molecule has 3 aromatic rings. The van der Waals surface area contributed by atoms with Crippen molar-refractivity contribution in [3.05, 3.63) is 65.7 Å². The first-order valence-electron chi connectivity index (χ1n) is 8.24. The number of carboxylic acid groups (broad SMARTS) is 1. The normalized spacial score (nSPS) is 11.1. The van der Waals surface area contributed by atoms with E-state index < -0.39 is 21.8 Å². The number of anilines is 1. The second-order valence-electron chi connectivity index (χ2n) is 5.86. The molecule has 7 nitrogen and oxygen atoms in total.